The van der Waals surface area contributed by atoms with Crippen LogP contribution in [-0.4, -0.2) is 0 Å². The summed E-state index contributed by atoms with van der Waals surface area (Å²) in [6.07, 6.45) is 0. The van der Waals surface area contributed by atoms with E-state index in [0.29, 0.717) is 0 Å². The second-order valence-corrected chi connectivity index (χ2v) is 15.1. The van der Waals surface area contributed by atoms with E-state index in [1.165, 1.54) is 47.6 Å². The van der Waals surface area contributed by atoms with Gasteiger partial charge in [-0.1, -0.05) is 146 Å². The highest BCUT2D eigenvalue weighted by molar-refractivity contribution is 7.25. The summed E-state index contributed by atoms with van der Waals surface area (Å²) in [4.78, 5) is 2.46. The molecular weight excluding hydrogens is 687 g/mol. The first-order valence-electron chi connectivity index (χ1n) is 18.7. The summed E-state index contributed by atoms with van der Waals surface area (Å²) in [6.45, 7) is 0. The van der Waals surface area contributed by atoms with Gasteiger partial charge in [0.1, 0.15) is 11.2 Å². The molecule has 0 spiro atoms. The van der Waals surface area contributed by atoms with Gasteiger partial charge in [-0.25, -0.2) is 0 Å². The Kier molecular flexibility index (Phi) is 7.39. The molecule has 258 valence electrons. The predicted molar refractivity (Wildman–Crippen MR) is 235 cm³/mol. The van der Waals surface area contributed by atoms with Crippen LogP contribution in [0.25, 0.3) is 86.3 Å². The number of furan rings is 1. The smallest absolute Gasteiger partial charge is 0.136 e. The van der Waals surface area contributed by atoms with Gasteiger partial charge in [-0.2, -0.15) is 0 Å². The van der Waals surface area contributed by atoms with Crippen molar-refractivity contribution in [2.24, 2.45) is 0 Å². The molecule has 0 amide bonds. The van der Waals surface area contributed by atoms with Gasteiger partial charge in [-0.15, -0.1) is 11.3 Å². The van der Waals surface area contributed by atoms with Gasteiger partial charge >= 0.3 is 0 Å². The molecule has 0 fully saturated rings. The molecule has 0 aliphatic heterocycles. The lowest BCUT2D eigenvalue weighted by molar-refractivity contribution is 0.669. The highest BCUT2D eigenvalue weighted by atomic mass is 32.1. The summed E-state index contributed by atoms with van der Waals surface area (Å²) in [5.41, 5.74) is 12.1. The number of hydrogen-bond acceptors (Lipinski definition) is 3. The number of anilines is 3. The maximum absolute atomic E-state index is 6.34. The highest BCUT2D eigenvalue weighted by Crippen LogP contribution is 2.47. The van der Waals surface area contributed by atoms with Crippen LogP contribution in [0.4, 0.5) is 17.1 Å². The maximum Gasteiger partial charge on any atom is 0.136 e. The second-order valence-electron chi connectivity index (χ2n) is 14.1. The van der Waals surface area contributed by atoms with Crippen LogP contribution in [0.1, 0.15) is 0 Å². The van der Waals surface area contributed by atoms with Crippen molar-refractivity contribution in [2.75, 3.05) is 4.90 Å². The van der Waals surface area contributed by atoms with E-state index in [2.05, 4.69) is 199 Å². The fraction of sp³-hybridized carbons (Fsp3) is 0. The minimum absolute atomic E-state index is 0.893. The summed E-state index contributed by atoms with van der Waals surface area (Å²) in [5, 5.41) is 7.28. The van der Waals surface area contributed by atoms with Gasteiger partial charge in [0.25, 0.3) is 0 Å². The minimum Gasteiger partial charge on any atom is -0.456 e. The van der Waals surface area contributed by atoms with Crippen LogP contribution in [0.2, 0.25) is 0 Å². The van der Waals surface area contributed by atoms with Crippen molar-refractivity contribution in [3.63, 3.8) is 0 Å². The predicted octanol–water partition coefficient (Wildman–Crippen LogP) is 15.6. The molecule has 0 bridgehead atoms. The second kappa shape index (κ2) is 12.9. The van der Waals surface area contributed by atoms with E-state index in [0.717, 1.165) is 55.7 Å². The molecule has 0 aliphatic carbocycles. The van der Waals surface area contributed by atoms with E-state index < -0.39 is 0 Å². The molecule has 0 N–H and O–H groups in total. The molecule has 2 aromatic heterocycles. The molecule has 2 heterocycles. The van der Waals surface area contributed by atoms with Crippen LogP contribution in [0.15, 0.2) is 205 Å². The molecule has 0 atom stereocenters. The number of nitrogens with zero attached hydrogens (tertiary/aromatic N) is 1. The Morgan fingerprint density at radius 2 is 1.02 bits per heavy atom. The molecule has 0 unspecified atom stereocenters. The first kappa shape index (κ1) is 31.6. The minimum atomic E-state index is 0.893. The van der Waals surface area contributed by atoms with E-state index in [-0.39, 0.29) is 0 Å². The standard InChI is InChI=1S/C52H33NOS/c1-2-13-35(14-3-1)42-29-27-37(41-22-11-16-34-15-4-5-19-40(34)41)32-47(42)53(39-28-30-51-46(33-39)44-20-7-9-26-50(44)55-51)38-18-10-17-36(31-38)43-23-12-25-49-52(43)45-21-6-8-24-48(45)54-49/h1-33H. The average Bonchev–Trinajstić information content (AvgIpc) is 3.82. The summed E-state index contributed by atoms with van der Waals surface area (Å²) < 4.78 is 8.92. The van der Waals surface area contributed by atoms with Crippen LogP contribution in [0.5, 0.6) is 0 Å². The Morgan fingerprint density at radius 3 is 1.95 bits per heavy atom. The summed E-state index contributed by atoms with van der Waals surface area (Å²) in [5.74, 6) is 0. The lowest BCUT2D eigenvalue weighted by Gasteiger charge is -2.29. The van der Waals surface area contributed by atoms with Gasteiger partial charge in [0.2, 0.25) is 0 Å². The first-order valence-corrected chi connectivity index (χ1v) is 19.5. The number of rotatable bonds is 6. The molecule has 11 rings (SSSR count). The van der Waals surface area contributed by atoms with Crippen molar-refractivity contribution in [3.8, 4) is 33.4 Å². The average molecular weight is 720 g/mol. The molecule has 0 radical (unpaired) electrons. The maximum atomic E-state index is 6.34. The molecular formula is C52H33NOS. The van der Waals surface area contributed by atoms with Gasteiger partial charge in [0.05, 0.1) is 5.69 Å². The molecule has 2 nitrogen and oxygen atoms in total. The molecule has 0 saturated heterocycles. The quantitative estimate of drug-likeness (QED) is 0.170. The van der Waals surface area contributed by atoms with Crippen molar-refractivity contribution >= 4 is 81.3 Å². The SMILES string of the molecule is c1ccc(-c2ccc(-c3cccc4ccccc34)cc2N(c2cccc(-c3cccc4oc5ccccc5c34)c2)c2ccc3sc4ccccc4c3c2)cc1. The van der Waals surface area contributed by atoms with Crippen molar-refractivity contribution in [2.45, 2.75) is 0 Å². The topological polar surface area (TPSA) is 16.4 Å². The summed E-state index contributed by atoms with van der Waals surface area (Å²) >= 11 is 1.85. The molecule has 11 aromatic rings. The molecule has 55 heavy (non-hydrogen) atoms. The van der Waals surface area contributed by atoms with E-state index in [4.69, 9.17) is 4.42 Å². The zero-order valence-corrected chi connectivity index (χ0v) is 30.6. The van der Waals surface area contributed by atoms with E-state index in [1.807, 2.05) is 17.4 Å². The molecule has 0 saturated carbocycles. The van der Waals surface area contributed by atoms with Crippen LogP contribution in [-0.2, 0) is 0 Å². The van der Waals surface area contributed by atoms with Gasteiger partial charge in [-0.3, -0.25) is 0 Å². The van der Waals surface area contributed by atoms with Crippen LogP contribution >= 0.6 is 11.3 Å². The lowest BCUT2D eigenvalue weighted by Crippen LogP contribution is -2.11. The third-order valence-corrected chi connectivity index (χ3v) is 12.0. The van der Waals surface area contributed by atoms with Crippen LogP contribution in [0.3, 0.4) is 0 Å². The number of para-hydroxylation sites is 1. The fourth-order valence-corrected chi connectivity index (χ4v) is 9.42. The molecule has 9 aromatic carbocycles. The zero-order valence-electron chi connectivity index (χ0n) is 29.8. The third kappa shape index (κ3) is 5.32. The normalized spacial score (nSPS) is 11.6. The Labute approximate surface area is 322 Å². The van der Waals surface area contributed by atoms with Crippen LogP contribution in [0, 0.1) is 0 Å². The van der Waals surface area contributed by atoms with Crippen molar-refractivity contribution < 1.29 is 4.42 Å². The Bertz CT molecular complexity index is 3220. The Morgan fingerprint density at radius 1 is 0.364 bits per heavy atom. The van der Waals surface area contributed by atoms with Crippen molar-refractivity contribution in [1.82, 2.24) is 0 Å². The number of thiophene rings is 1. The third-order valence-electron chi connectivity index (χ3n) is 10.9. The van der Waals surface area contributed by atoms with Crippen molar-refractivity contribution in [3.05, 3.63) is 200 Å². The number of hydrogen-bond donors (Lipinski definition) is 0. The largest absolute Gasteiger partial charge is 0.456 e. The summed E-state index contributed by atoms with van der Waals surface area (Å²) in [7, 11) is 0. The van der Waals surface area contributed by atoms with Crippen molar-refractivity contribution in [1.29, 1.82) is 0 Å². The van der Waals surface area contributed by atoms with E-state index in [9.17, 15) is 0 Å². The summed E-state index contributed by atoms with van der Waals surface area (Å²) in [6, 6.07) is 72.4. The monoisotopic (exact) mass is 719 g/mol. The van der Waals surface area contributed by atoms with Gasteiger partial charge in [-0.05, 0) is 93.2 Å². The zero-order chi connectivity index (χ0) is 36.3. The molecule has 0 aliphatic rings. The fourth-order valence-electron chi connectivity index (χ4n) is 8.33. The number of fused-ring (bicyclic) bond motifs is 7. The highest BCUT2D eigenvalue weighted by Gasteiger charge is 2.21. The van der Waals surface area contributed by atoms with E-state index >= 15 is 0 Å². The Balaban J connectivity index is 1.19. The first-order chi connectivity index (χ1) is 27.3. The lowest BCUT2D eigenvalue weighted by atomic mass is 9.93. The molecule has 3 heteroatoms. The van der Waals surface area contributed by atoms with Gasteiger partial charge in [0, 0.05) is 47.9 Å². The van der Waals surface area contributed by atoms with E-state index in [1.54, 1.807) is 0 Å². The van der Waals surface area contributed by atoms with Gasteiger partial charge in [0.15, 0.2) is 0 Å². The number of benzene rings is 9. The van der Waals surface area contributed by atoms with Crippen LogP contribution < -0.4 is 4.90 Å². The van der Waals surface area contributed by atoms with Gasteiger partial charge < -0.3 is 9.32 Å². The Hall–Kier alpha value is -6.94.